The Kier molecular flexibility index (Phi) is 3.85. The largest absolute Gasteiger partial charge is 0.477 e. The van der Waals surface area contributed by atoms with Gasteiger partial charge < -0.3 is 10.4 Å². The van der Waals surface area contributed by atoms with Crippen molar-refractivity contribution in [2.75, 3.05) is 11.9 Å². The summed E-state index contributed by atoms with van der Waals surface area (Å²) in [5, 5.41) is 13.2. The fourth-order valence-electron chi connectivity index (χ4n) is 2.61. The molecule has 1 aromatic heterocycles. The van der Waals surface area contributed by atoms with Gasteiger partial charge in [0.2, 0.25) is 0 Å². The molecular formula is C18H16N2O3. The topological polar surface area (TPSA) is 71.3 Å². The first-order valence-corrected chi connectivity index (χ1v) is 7.34. The number of benzene rings is 2. The number of aromatic carboxylic acids is 1. The average Bonchev–Trinajstić information content (AvgIpc) is 2.55. The molecule has 0 amide bonds. The summed E-state index contributed by atoms with van der Waals surface area (Å²) in [5.41, 5.74) is 1.42. The van der Waals surface area contributed by atoms with E-state index in [2.05, 4.69) is 5.32 Å². The molecular weight excluding hydrogens is 292 g/mol. The smallest absolute Gasteiger partial charge is 0.341 e. The Bertz CT molecular complexity index is 930. The number of carbonyl (C=O) groups is 1. The van der Waals surface area contributed by atoms with Gasteiger partial charge in [-0.3, -0.25) is 9.36 Å². The van der Waals surface area contributed by atoms with E-state index in [1.807, 2.05) is 43.3 Å². The quantitative estimate of drug-likeness (QED) is 0.777. The van der Waals surface area contributed by atoms with Gasteiger partial charge in [0.25, 0.3) is 5.56 Å². The third kappa shape index (κ3) is 2.68. The normalized spacial score (nSPS) is 10.7. The minimum Gasteiger partial charge on any atom is -0.477 e. The lowest BCUT2D eigenvalue weighted by Crippen LogP contribution is -2.25. The zero-order valence-corrected chi connectivity index (χ0v) is 12.6. The number of hydrogen-bond acceptors (Lipinski definition) is 3. The molecule has 0 saturated heterocycles. The number of carboxylic acids is 1. The van der Waals surface area contributed by atoms with Gasteiger partial charge in [0.15, 0.2) is 0 Å². The highest BCUT2D eigenvalue weighted by atomic mass is 16.4. The molecule has 0 aliphatic carbocycles. The van der Waals surface area contributed by atoms with E-state index < -0.39 is 11.5 Å². The molecule has 0 aliphatic heterocycles. The SMILES string of the molecule is CCNc1ccc2cc(C(=O)O)c(=O)n(-c3ccccc3)c2c1. The van der Waals surface area contributed by atoms with Crippen LogP contribution in [0.4, 0.5) is 5.69 Å². The number of anilines is 1. The number of nitrogens with one attached hydrogen (secondary N) is 1. The third-order valence-corrected chi connectivity index (χ3v) is 3.63. The van der Waals surface area contributed by atoms with Gasteiger partial charge in [-0.15, -0.1) is 0 Å². The highest BCUT2D eigenvalue weighted by Gasteiger charge is 2.16. The van der Waals surface area contributed by atoms with Crippen LogP contribution in [0.3, 0.4) is 0 Å². The molecule has 3 rings (SSSR count). The number of hydrogen-bond donors (Lipinski definition) is 2. The van der Waals surface area contributed by atoms with Crippen LogP contribution in [0.5, 0.6) is 0 Å². The van der Waals surface area contributed by atoms with Crippen LogP contribution in [0.25, 0.3) is 16.6 Å². The van der Waals surface area contributed by atoms with Crippen molar-refractivity contribution in [3.05, 3.63) is 70.5 Å². The summed E-state index contributed by atoms with van der Waals surface area (Å²) in [6, 6.07) is 16.0. The highest BCUT2D eigenvalue weighted by molar-refractivity contribution is 5.94. The number of pyridine rings is 1. The summed E-state index contributed by atoms with van der Waals surface area (Å²) in [5.74, 6) is -1.22. The van der Waals surface area contributed by atoms with Gasteiger partial charge in [0, 0.05) is 17.9 Å². The number of fused-ring (bicyclic) bond motifs is 1. The van der Waals surface area contributed by atoms with E-state index in [4.69, 9.17) is 0 Å². The minimum absolute atomic E-state index is 0.238. The van der Waals surface area contributed by atoms with Crippen LogP contribution in [0.2, 0.25) is 0 Å². The van der Waals surface area contributed by atoms with Crippen molar-refractivity contribution < 1.29 is 9.90 Å². The molecule has 5 nitrogen and oxygen atoms in total. The average molecular weight is 308 g/mol. The number of aromatic nitrogens is 1. The number of rotatable bonds is 4. The highest BCUT2D eigenvalue weighted by Crippen LogP contribution is 2.22. The van der Waals surface area contributed by atoms with Crippen molar-refractivity contribution in [2.24, 2.45) is 0 Å². The second-order valence-corrected chi connectivity index (χ2v) is 5.14. The fraction of sp³-hybridized carbons (Fsp3) is 0.111. The Morgan fingerprint density at radius 3 is 2.52 bits per heavy atom. The Balaban J connectivity index is 2.40. The van der Waals surface area contributed by atoms with E-state index >= 15 is 0 Å². The van der Waals surface area contributed by atoms with E-state index in [-0.39, 0.29) is 5.56 Å². The van der Waals surface area contributed by atoms with Gasteiger partial charge in [-0.25, -0.2) is 4.79 Å². The van der Waals surface area contributed by atoms with Gasteiger partial charge >= 0.3 is 5.97 Å². The minimum atomic E-state index is -1.22. The predicted molar refractivity (Wildman–Crippen MR) is 90.7 cm³/mol. The molecule has 3 aromatic rings. The second kappa shape index (κ2) is 5.96. The molecule has 2 N–H and O–H groups in total. The standard InChI is InChI=1S/C18H16N2O3/c1-2-19-13-9-8-12-10-15(18(22)23)17(21)20(16(12)11-13)14-6-4-3-5-7-14/h3-11,19H,2H2,1H3,(H,22,23). The van der Waals surface area contributed by atoms with Crippen LogP contribution in [0, 0.1) is 0 Å². The summed E-state index contributed by atoms with van der Waals surface area (Å²) in [7, 11) is 0. The van der Waals surface area contributed by atoms with Crippen LogP contribution in [-0.2, 0) is 0 Å². The molecule has 5 heteroatoms. The molecule has 0 fully saturated rings. The second-order valence-electron chi connectivity index (χ2n) is 5.14. The lowest BCUT2D eigenvalue weighted by atomic mass is 10.1. The summed E-state index contributed by atoms with van der Waals surface area (Å²) in [6.07, 6.45) is 0. The maximum absolute atomic E-state index is 12.7. The first-order chi connectivity index (χ1) is 11.1. The lowest BCUT2D eigenvalue weighted by molar-refractivity contribution is 0.0695. The first-order valence-electron chi connectivity index (χ1n) is 7.34. The molecule has 0 saturated carbocycles. The fourth-order valence-corrected chi connectivity index (χ4v) is 2.61. The van der Waals surface area contributed by atoms with Gasteiger partial charge in [0.05, 0.1) is 5.52 Å². The van der Waals surface area contributed by atoms with Crippen molar-refractivity contribution in [1.82, 2.24) is 4.57 Å². The van der Waals surface area contributed by atoms with Crippen molar-refractivity contribution in [1.29, 1.82) is 0 Å². The number of para-hydroxylation sites is 1. The molecule has 0 radical (unpaired) electrons. The number of nitrogens with zero attached hydrogens (tertiary/aromatic N) is 1. The van der Waals surface area contributed by atoms with Crippen LogP contribution in [0.15, 0.2) is 59.4 Å². The van der Waals surface area contributed by atoms with Crippen LogP contribution >= 0.6 is 0 Å². The van der Waals surface area contributed by atoms with Crippen LogP contribution in [-0.4, -0.2) is 22.2 Å². The van der Waals surface area contributed by atoms with E-state index in [0.29, 0.717) is 16.6 Å². The molecule has 2 aromatic carbocycles. The van der Waals surface area contributed by atoms with E-state index in [9.17, 15) is 14.7 Å². The summed E-state index contributed by atoms with van der Waals surface area (Å²) in [4.78, 5) is 24.0. The van der Waals surface area contributed by atoms with Gasteiger partial charge in [0.1, 0.15) is 5.56 Å². The van der Waals surface area contributed by atoms with Crippen LogP contribution in [0.1, 0.15) is 17.3 Å². The van der Waals surface area contributed by atoms with Crippen molar-refractivity contribution in [2.45, 2.75) is 6.92 Å². The van der Waals surface area contributed by atoms with Crippen LogP contribution < -0.4 is 10.9 Å². The third-order valence-electron chi connectivity index (χ3n) is 3.63. The van der Waals surface area contributed by atoms with Crippen molar-refractivity contribution in [3.63, 3.8) is 0 Å². The lowest BCUT2D eigenvalue weighted by Gasteiger charge is -2.13. The Morgan fingerprint density at radius 2 is 1.87 bits per heavy atom. The number of carboxylic acid groups (broad SMARTS) is 1. The molecule has 0 spiro atoms. The van der Waals surface area contributed by atoms with E-state index in [0.717, 1.165) is 12.2 Å². The molecule has 0 unspecified atom stereocenters. The van der Waals surface area contributed by atoms with E-state index in [1.54, 1.807) is 12.1 Å². The molecule has 1 heterocycles. The summed E-state index contributed by atoms with van der Waals surface area (Å²) in [6.45, 7) is 2.75. The molecule has 0 aliphatic rings. The van der Waals surface area contributed by atoms with Gasteiger partial charge in [-0.2, -0.15) is 0 Å². The Morgan fingerprint density at radius 1 is 1.13 bits per heavy atom. The van der Waals surface area contributed by atoms with Gasteiger partial charge in [-0.05, 0) is 42.6 Å². The van der Waals surface area contributed by atoms with Crippen molar-refractivity contribution >= 4 is 22.6 Å². The zero-order chi connectivity index (χ0) is 16.4. The maximum atomic E-state index is 12.7. The first kappa shape index (κ1) is 14.8. The van der Waals surface area contributed by atoms with Crippen molar-refractivity contribution in [3.8, 4) is 5.69 Å². The summed E-state index contributed by atoms with van der Waals surface area (Å²) >= 11 is 0. The van der Waals surface area contributed by atoms with Gasteiger partial charge in [-0.1, -0.05) is 24.3 Å². The zero-order valence-electron chi connectivity index (χ0n) is 12.6. The monoisotopic (exact) mass is 308 g/mol. The Hall–Kier alpha value is -3.08. The molecule has 0 bridgehead atoms. The predicted octanol–water partition coefficient (Wildman–Crippen LogP) is 3.12. The van der Waals surface area contributed by atoms with E-state index in [1.165, 1.54) is 10.6 Å². The molecule has 116 valence electrons. The summed E-state index contributed by atoms with van der Waals surface area (Å²) < 4.78 is 1.44. The molecule has 23 heavy (non-hydrogen) atoms. The maximum Gasteiger partial charge on any atom is 0.341 e. The molecule has 0 atom stereocenters. The Labute approximate surface area is 132 Å².